The lowest BCUT2D eigenvalue weighted by atomic mass is 10.3. The molecular formula is C10H12ClN3S. The third kappa shape index (κ3) is 2.21. The fraction of sp³-hybridized carbons (Fsp3) is 0.400. The fourth-order valence-electron chi connectivity index (χ4n) is 1.49. The summed E-state index contributed by atoms with van der Waals surface area (Å²) in [6, 6.07) is 2.17. The highest BCUT2D eigenvalue weighted by Crippen LogP contribution is 2.17. The van der Waals surface area contributed by atoms with Gasteiger partial charge in [-0.25, -0.2) is 0 Å². The van der Waals surface area contributed by atoms with E-state index in [1.54, 1.807) is 11.3 Å². The van der Waals surface area contributed by atoms with Crippen molar-refractivity contribution in [1.82, 2.24) is 14.8 Å². The first-order valence-corrected chi connectivity index (χ1v) is 6.08. The minimum Gasteiger partial charge on any atom is -0.297 e. The van der Waals surface area contributed by atoms with E-state index >= 15 is 0 Å². The van der Waals surface area contributed by atoms with Crippen LogP contribution in [0.25, 0.3) is 0 Å². The van der Waals surface area contributed by atoms with Crippen molar-refractivity contribution in [2.45, 2.75) is 26.8 Å². The van der Waals surface area contributed by atoms with Crippen LogP contribution in [-0.4, -0.2) is 14.8 Å². The highest BCUT2D eigenvalue weighted by molar-refractivity contribution is 7.10. The summed E-state index contributed by atoms with van der Waals surface area (Å²) in [6.07, 6.45) is 0.850. The van der Waals surface area contributed by atoms with Crippen molar-refractivity contribution < 1.29 is 0 Å². The van der Waals surface area contributed by atoms with Gasteiger partial charge in [0.1, 0.15) is 5.82 Å². The van der Waals surface area contributed by atoms with Gasteiger partial charge in [0, 0.05) is 11.3 Å². The molecule has 2 aromatic heterocycles. The van der Waals surface area contributed by atoms with Crippen LogP contribution in [0, 0.1) is 6.92 Å². The van der Waals surface area contributed by atoms with Gasteiger partial charge >= 0.3 is 0 Å². The van der Waals surface area contributed by atoms with E-state index in [0.717, 1.165) is 18.8 Å². The molecule has 0 amide bonds. The number of halogens is 1. The Morgan fingerprint density at radius 2 is 2.27 bits per heavy atom. The summed E-state index contributed by atoms with van der Waals surface area (Å²) >= 11 is 7.72. The zero-order valence-electron chi connectivity index (χ0n) is 8.70. The molecule has 0 spiro atoms. The molecule has 80 valence electrons. The van der Waals surface area contributed by atoms with Crippen LogP contribution in [0.3, 0.4) is 0 Å². The van der Waals surface area contributed by atoms with Crippen LogP contribution in [0.4, 0.5) is 0 Å². The molecule has 5 heteroatoms. The molecule has 0 unspecified atom stereocenters. The molecule has 0 saturated carbocycles. The van der Waals surface area contributed by atoms with Crippen molar-refractivity contribution >= 4 is 22.9 Å². The number of aryl methyl sites for hydroxylation is 2. The van der Waals surface area contributed by atoms with Crippen LogP contribution >= 0.6 is 22.9 Å². The van der Waals surface area contributed by atoms with Crippen LogP contribution < -0.4 is 0 Å². The molecule has 0 N–H and O–H groups in total. The third-order valence-electron chi connectivity index (χ3n) is 2.22. The Labute approximate surface area is 97.7 Å². The molecule has 2 heterocycles. The van der Waals surface area contributed by atoms with Crippen molar-refractivity contribution in [1.29, 1.82) is 0 Å². The number of nitrogens with zero attached hydrogens (tertiary/aromatic N) is 3. The summed E-state index contributed by atoms with van der Waals surface area (Å²) in [4.78, 5) is 1.31. The largest absolute Gasteiger partial charge is 0.297 e. The molecular weight excluding hydrogens is 230 g/mol. The molecule has 0 aromatic carbocycles. The highest BCUT2D eigenvalue weighted by atomic mass is 35.5. The molecule has 2 rings (SSSR count). The molecule has 2 aromatic rings. The smallest absolute Gasteiger partial charge is 0.225 e. The maximum absolute atomic E-state index is 5.97. The van der Waals surface area contributed by atoms with Gasteiger partial charge in [0.25, 0.3) is 0 Å². The predicted octanol–water partition coefficient (Wildman–Crippen LogP) is 2.91. The van der Waals surface area contributed by atoms with Crippen molar-refractivity contribution in [3.8, 4) is 0 Å². The Kier molecular flexibility index (Phi) is 3.07. The monoisotopic (exact) mass is 241 g/mol. The second-order valence-electron chi connectivity index (χ2n) is 3.39. The van der Waals surface area contributed by atoms with Crippen molar-refractivity contribution in [2.75, 3.05) is 0 Å². The van der Waals surface area contributed by atoms with E-state index < -0.39 is 0 Å². The van der Waals surface area contributed by atoms with Gasteiger partial charge in [0.15, 0.2) is 0 Å². The van der Waals surface area contributed by atoms with E-state index in [1.807, 2.05) is 4.57 Å². The van der Waals surface area contributed by atoms with Crippen LogP contribution in [0.2, 0.25) is 5.28 Å². The van der Waals surface area contributed by atoms with Gasteiger partial charge in [-0.1, -0.05) is 6.92 Å². The molecule has 15 heavy (non-hydrogen) atoms. The summed E-state index contributed by atoms with van der Waals surface area (Å²) in [7, 11) is 0. The zero-order valence-corrected chi connectivity index (χ0v) is 10.3. The molecule has 0 aliphatic rings. The molecule has 0 saturated heterocycles. The van der Waals surface area contributed by atoms with Gasteiger partial charge in [-0.05, 0) is 35.5 Å². The van der Waals surface area contributed by atoms with Gasteiger partial charge in [0.05, 0.1) is 6.54 Å². The van der Waals surface area contributed by atoms with Crippen molar-refractivity contribution in [3.05, 3.63) is 33.0 Å². The molecule has 0 radical (unpaired) electrons. The summed E-state index contributed by atoms with van der Waals surface area (Å²) in [5.74, 6) is 0.934. The summed E-state index contributed by atoms with van der Waals surface area (Å²) in [5.41, 5.74) is 1.26. The average molecular weight is 242 g/mol. The lowest BCUT2D eigenvalue weighted by molar-refractivity contribution is 0.734. The Morgan fingerprint density at radius 3 is 2.87 bits per heavy atom. The number of hydrogen-bond donors (Lipinski definition) is 0. The second kappa shape index (κ2) is 4.33. The highest BCUT2D eigenvalue weighted by Gasteiger charge is 2.09. The Balaban J connectivity index is 2.26. The number of thiophene rings is 1. The topological polar surface area (TPSA) is 30.7 Å². The Bertz CT molecular complexity index is 461. The Morgan fingerprint density at radius 1 is 1.47 bits per heavy atom. The summed E-state index contributed by atoms with van der Waals surface area (Å²) in [6.45, 7) is 4.91. The zero-order chi connectivity index (χ0) is 10.8. The first kappa shape index (κ1) is 10.6. The Hall–Kier alpha value is -0.870. The number of hydrogen-bond acceptors (Lipinski definition) is 3. The van der Waals surface area contributed by atoms with Crippen LogP contribution in [0.1, 0.15) is 23.2 Å². The minimum atomic E-state index is 0.468. The van der Waals surface area contributed by atoms with Gasteiger partial charge < -0.3 is 0 Å². The standard InChI is InChI=1S/C10H12ClN3S/c1-3-9-12-13-10(11)14(9)5-8-4-7(2)15-6-8/h4,6H,3,5H2,1-2H3. The number of aromatic nitrogens is 3. The number of rotatable bonds is 3. The lowest BCUT2D eigenvalue weighted by Crippen LogP contribution is -2.03. The molecule has 0 bridgehead atoms. The maximum Gasteiger partial charge on any atom is 0.225 e. The van der Waals surface area contributed by atoms with E-state index in [0.29, 0.717) is 5.28 Å². The SMILES string of the molecule is CCc1nnc(Cl)n1Cc1csc(C)c1. The third-order valence-corrected chi connectivity index (χ3v) is 3.41. The second-order valence-corrected chi connectivity index (χ2v) is 4.84. The summed E-state index contributed by atoms with van der Waals surface area (Å²) < 4.78 is 1.95. The van der Waals surface area contributed by atoms with E-state index in [1.165, 1.54) is 10.4 Å². The van der Waals surface area contributed by atoms with E-state index in [4.69, 9.17) is 11.6 Å². The van der Waals surface area contributed by atoms with E-state index in [9.17, 15) is 0 Å². The maximum atomic E-state index is 5.97. The molecule has 0 fully saturated rings. The van der Waals surface area contributed by atoms with Crippen molar-refractivity contribution in [3.63, 3.8) is 0 Å². The quantitative estimate of drug-likeness (QED) is 0.827. The first-order chi connectivity index (χ1) is 7.20. The normalized spacial score (nSPS) is 10.9. The minimum absolute atomic E-state index is 0.468. The van der Waals surface area contributed by atoms with E-state index in [-0.39, 0.29) is 0 Å². The van der Waals surface area contributed by atoms with Crippen molar-refractivity contribution in [2.24, 2.45) is 0 Å². The average Bonchev–Trinajstić information content (AvgIpc) is 2.76. The van der Waals surface area contributed by atoms with Gasteiger partial charge in [-0.2, -0.15) is 0 Å². The molecule has 0 aliphatic carbocycles. The molecule has 0 atom stereocenters. The first-order valence-electron chi connectivity index (χ1n) is 4.82. The van der Waals surface area contributed by atoms with Crippen LogP contribution in [-0.2, 0) is 13.0 Å². The molecule has 3 nitrogen and oxygen atoms in total. The van der Waals surface area contributed by atoms with Gasteiger partial charge in [0.2, 0.25) is 5.28 Å². The lowest BCUT2D eigenvalue weighted by Gasteiger charge is -2.04. The summed E-state index contributed by atoms with van der Waals surface area (Å²) in [5, 5.41) is 10.5. The van der Waals surface area contributed by atoms with Gasteiger partial charge in [-0.3, -0.25) is 4.57 Å². The predicted molar refractivity (Wildman–Crippen MR) is 62.6 cm³/mol. The van der Waals surface area contributed by atoms with E-state index in [2.05, 4.69) is 35.5 Å². The van der Waals surface area contributed by atoms with Crippen LogP contribution in [0.15, 0.2) is 11.4 Å². The van der Waals surface area contributed by atoms with Crippen LogP contribution in [0.5, 0.6) is 0 Å². The fourth-order valence-corrected chi connectivity index (χ4v) is 2.39. The van der Waals surface area contributed by atoms with Gasteiger partial charge in [-0.15, -0.1) is 21.5 Å². The molecule has 0 aliphatic heterocycles.